The highest BCUT2D eigenvalue weighted by Gasteiger charge is 2.20. The van der Waals surface area contributed by atoms with Gasteiger partial charge in [0.15, 0.2) is 0 Å². The van der Waals surface area contributed by atoms with Gasteiger partial charge in [0.05, 0.1) is 12.6 Å². The van der Waals surface area contributed by atoms with E-state index in [2.05, 4.69) is 4.74 Å². The van der Waals surface area contributed by atoms with Crippen LogP contribution in [0.1, 0.15) is 26.3 Å². The van der Waals surface area contributed by atoms with E-state index in [9.17, 15) is 9.59 Å². The van der Waals surface area contributed by atoms with Crippen molar-refractivity contribution in [3.8, 4) is 0 Å². The lowest BCUT2D eigenvalue weighted by Crippen LogP contribution is -2.33. The molecule has 0 saturated heterocycles. The Kier molecular flexibility index (Phi) is 4.75. The predicted molar refractivity (Wildman–Crippen MR) is 87.3 cm³/mol. The van der Waals surface area contributed by atoms with Gasteiger partial charge in [-0.25, -0.2) is 4.79 Å². The summed E-state index contributed by atoms with van der Waals surface area (Å²) in [5.41, 5.74) is 6.78. The van der Waals surface area contributed by atoms with E-state index in [1.54, 1.807) is 6.20 Å². The molecule has 23 heavy (non-hydrogen) atoms. The van der Waals surface area contributed by atoms with Crippen molar-refractivity contribution >= 4 is 23.0 Å². The van der Waals surface area contributed by atoms with Crippen LogP contribution in [0.5, 0.6) is 0 Å². The Morgan fingerprint density at radius 1 is 1.26 bits per heavy atom. The number of methoxy groups -OCH3 is 1. The van der Waals surface area contributed by atoms with Gasteiger partial charge in [-0.1, -0.05) is 12.1 Å². The summed E-state index contributed by atoms with van der Waals surface area (Å²) in [6, 6.07) is 6.70. The first-order valence-electron chi connectivity index (χ1n) is 7.38. The fourth-order valence-electron chi connectivity index (χ4n) is 2.26. The molecule has 0 fully saturated rings. The first-order valence-corrected chi connectivity index (χ1v) is 7.38. The monoisotopic (exact) mass is 318 g/mol. The molecule has 0 unspecified atom stereocenters. The van der Waals surface area contributed by atoms with E-state index in [1.165, 1.54) is 11.7 Å². The van der Waals surface area contributed by atoms with Gasteiger partial charge in [0.25, 0.3) is 0 Å². The molecular formula is C17H22N2O4. The van der Waals surface area contributed by atoms with E-state index in [1.807, 2.05) is 45.0 Å². The molecule has 0 aliphatic heterocycles. The van der Waals surface area contributed by atoms with Crippen LogP contribution in [0.4, 0.5) is 4.79 Å². The molecule has 6 nitrogen and oxygen atoms in total. The Morgan fingerprint density at radius 2 is 1.96 bits per heavy atom. The van der Waals surface area contributed by atoms with Crippen molar-refractivity contribution in [3.63, 3.8) is 0 Å². The minimum atomic E-state index is -0.734. The van der Waals surface area contributed by atoms with E-state index in [0.29, 0.717) is 11.9 Å². The molecular weight excluding hydrogens is 296 g/mol. The van der Waals surface area contributed by atoms with E-state index >= 15 is 0 Å². The largest absolute Gasteiger partial charge is 0.468 e. The second-order valence-electron chi connectivity index (χ2n) is 6.39. The number of ether oxygens (including phenoxy) is 2. The van der Waals surface area contributed by atoms with Crippen molar-refractivity contribution in [2.75, 3.05) is 7.11 Å². The van der Waals surface area contributed by atoms with Crippen molar-refractivity contribution in [2.24, 2.45) is 5.73 Å². The third-order valence-electron chi connectivity index (χ3n) is 3.31. The predicted octanol–water partition coefficient (Wildman–Crippen LogP) is 2.47. The van der Waals surface area contributed by atoms with Crippen molar-refractivity contribution < 1.29 is 19.1 Å². The molecule has 1 atom stereocenters. The molecule has 0 amide bonds. The SMILES string of the molecule is COC(=O)[C@H](N)Cc1ccc2ccn(C(=O)OC(C)(C)C)c2c1. The summed E-state index contributed by atoms with van der Waals surface area (Å²) in [6.07, 6.45) is 1.56. The minimum absolute atomic E-state index is 0.335. The number of esters is 1. The number of rotatable bonds is 3. The van der Waals surface area contributed by atoms with Crippen LogP contribution in [0.25, 0.3) is 10.9 Å². The number of carbonyl (C=O) groups is 2. The maximum absolute atomic E-state index is 12.3. The molecule has 2 aromatic rings. The number of hydrogen-bond donors (Lipinski definition) is 1. The number of fused-ring (bicyclic) bond motifs is 1. The molecule has 1 aromatic carbocycles. The number of hydrogen-bond acceptors (Lipinski definition) is 5. The number of nitrogens with zero attached hydrogens (tertiary/aromatic N) is 1. The molecule has 124 valence electrons. The smallest absolute Gasteiger partial charge is 0.418 e. The highest BCUT2D eigenvalue weighted by Crippen LogP contribution is 2.20. The fraction of sp³-hybridized carbons (Fsp3) is 0.412. The lowest BCUT2D eigenvalue weighted by Gasteiger charge is -2.20. The van der Waals surface area contributed by atoms with Crippen LogP contribution >= 0.6 is 0 Å². The normalized spacial score (nSPS) is 12.9. The Balaban J connectivity index is 2.30. The van der Waals surface area contributed by atoms with Crippen molar-refractivity contribution in [1.82, 2.24) is 4.57 Å². The first-order chi connectivity index (χ1) is 10.7. The van der Waals surface area contributed by atoms with Crippen LogP contribution < -0.4 is 5.73 Å². The molecule has 0 bridgehead atoms. The van der Waals surface area contributed by atoms with Gasteiger partial charge in [-0.3, -0.25) is 9.36 Å². The minimum Gasteiger partial charge on any atom is -0.468 e. The Morgan fingerprint density at radius 3 is 2.57 bits per heavy atom. The number of nitrogens with two attached hydrogens (primary N) is 1. The number of benzene rings is 1. The Hall–Kier alpha value is -2.34. The fourth-order valence-corrected chi connectivity index (χ4v) is 2.26. The van der Waals surface area contributed by atoms with Gasteiger partial charge < -0.3 is 15.2 Å². The third kappa shape index (κ3) is 4.10. The topological polar surface area (TPSA) is 83.5 Å². The second kappa shape index (κ2) is 6.42. The van der Waals surface area contributed by atoms with Crippen LogP contribution in [-0.4, -0.2) is 35.4 Å². The van der Waals surface area contributed by atoms with Crippen molar-refractivity contribution in [1.29, 1.82) is 0 Å². The number of carbonyl (C=O) groups excluding carboxylic acids is 2. The molecule has 2 N–H and O–H groups in total. The van der Waals surface area contributed by atoms with Crippen LogP contribution in [0, 0.1) is 0 Å². The average molecular weight is 318 g/mol. The molecule has 0 aliphatic carbocycles. The highest BCUT2D eigenvalue weighted by atomic mass is 16.6. The van der Waals surface area contributed by atoms with E-state index < -0.39 is 23.7 Å². The van der Waals surface area contributed by atoms with Crippen LogP contribution in [0.15, 0.2) is 30.5 Å². The van der Waals surface area contributed by atoms with E-state index in [0.717, 1.165) is 10.9 Å². The van der Waals surface area contributed by atoms with Gasteiger partial charge in [0, 0.05) is 11.6 Å². The molecule has 6 heteroatoms. The molecule has 1 heterocycles. The van der Waals surface area contributed by atoms with Gasteiger partial charge in [0.2, 0.25) is 0 Å². The molecule has 2 rings (SSSR count). The van der Waals surface area contributed by atoms with Gasteiger partial charge in [0.1, 0.15) is 11.6 Å². The molecule has 0 radical (unpaired) electrons. The molecule has 0 saturated carbocycles. The first kappa shape index (κ1) is 17.0. The lowest BCUT2D eigenvalue weighted by atomic mass is 10.1. The highest BCUT2D eigenvalue weighted by molar-refractivity contribution is 5.90. The van der Waals surface area contributed by atoms with Gasteiger partial charge in [-0.15, -0.1) is 0 Å². The van der Waals surface area contributed by atoms with Crippen molar-refractivity contribution in [2.45, 2.75) is 38.8 Å². The lowest BCUT2D eigenvalue weighted by molar-refractivity contribution is -0.142. The zero-order chi connectivity index (χ0) is 17.2. The quantitative estimate of drug-likeness (QED) is 0.879. The molecule has 1 aromatic heterocycles. The summed E-state index contributed by atoms with van der Waals surface area (Å²) in [6.45, 7) is 5.45. The summed E-state index contributed by atoms with van der Waals surface area (Å²) in [5.74, 6) is -0.465. The summed E-state index contributed by atoms with van der Waals surface area (Å²) >= 11 is 0. The van der Waals surface area contributed by atoms with E-state index in [4.69, 9.17) is 10.5 Å². The van der Waals surface area contributed by atoms with E-state index in [-0.39, 0.29) is 0 Å². The summed E-state index contributed by atoms with van der Waals surface area (Å²) in [7, 11) is 1.30. The zero-order valence-electron chi connectivity index (χ0n) is 13.8. The van der Waals surface area contributed by atoms with Gasteiger partial charge in [-0.2, -0.15) is 0 Å². The number of aromatic nitrogens is 1. The second-order valence-corrected chi connectivity index (χ2v) is 6.39. The van der Waals surface area contributed by atoms with Gasteiger partial charge in [-0.05, 0) is 44.9 Å². The van der Waals surface area contributed by atoms with Crippen molar-refractivity contribution in [3.05, 3.63) is 36.0 Å². The Labute approximate surface area is 135 Å². The zero-order valence-corrected chi connectivity index (χ0v) is 13.8. The van der Waals surface area contributed by atoms with Crippen LogP contribution in [0.2, 0.25) is 0 Å². The summed E-state index contributed by atoms with van der Waals surface area (Å²) < 4.78 is 11.5. The Bertz CT molecular complexity index is 728. The third-order valence-corrected chi connectivity index (χ3v) is 3.31. The van der Waals surface area contributed by atoms with Gasteiger partial charge >= 0.3 is 12.1 Å². The maximum atomic E-state index is 12.3. The maximum Gasteiger partial charge on any atom is 0.418 e. The standard InChI is InChI=1S/C17H22N2O4/c1-17(2,3)23-16(21)19-8-7-12-6-5-11(10-14(12)19)9-13(18)15(20)22-4/h5-8,10,13H,9,18H2,1-4H3/t13-/m1/s1. The summed E-state index contributed by atoms with van der Waals surface area (Å²) in [4.78, 5) is 23.7. The molecule has 0 spiro atoms. The van der Waals surface area contributed by atoms with Crippen LogP contribution in [-0.2, 0) is 20.7 Å². The molecule has 0 aliphatic rings. The summed E-state index contributed by atoms with van der Waals surface area (Å²) in [5, 5.41) is 0.909. The van der Waals surface area contributed by atoms with Crippen LogP contribution in [0.3, 0.4) is 0 Å². The average Bonchev–Trinajstić information content (AvgIpc) is 2.87.